The monoisotopic (exact) mass is 398 g/mol. The number of aryl methyl sites for hydroxylation is 1. The molecule has 1 aromatic carbocycles. The summed E-state index contributed by atoms with van der Waals surface area (Å²) in [4.78, 5) is 21.1. The highest BCUT2D eigenvalue weighted by atomic mass is 16.6. The van der Waals surface area contributed by atoms with E-state index in [4.69, 9.17) is 9.47 Å². The Bertz CT molecular complexity index is 714. The lowest BCUT2D eigenvalue weighted by Crippen LogP contribution is -2.26. The number of benzene rings is 1. The van der Waals surface area contributed by atoms with Crippen molar-refractivity contribution in [1.82, 2.24) is 9.97 Å². The van der Waals surface area contributed by atoms with Crippen molar-refractivity contribution >= 4 is 5.97 Å². The number of esters is 1. The molecule has 0 bridgehead atoms. The van der Waals surface area contributed by atoms with E-state index in [0.717, 1.165) is 31.2 Å². The standard InChI is InChI=1S/C24H34N2O3/c1-4-6-8-9-11-20-17-25-23(26-18-20)21-12-14-22(15-13-21)29-24(27)19(3)28-16-10-7-5-2/h12-15,17-19H,4-11,16H2,1-3H3. The van der Waals surface area contributed by atoms with Crippen molar-refractivity contribution in [2.45, 2.75) is 78.2 Å². The lowest BCUT2D eigenvalue weighted by atomic mass is 10.1. The molecule has 0 aliphatic rings. The lowest BCUT2D eigenvalue weighted by Gasteiger charge is -2.12. The highest BCUT2D eigenvalue weighted by molar-refractivity contribution is 5.77. The zero-order chi connectivity index (χ0) is 20.9. The van der Waals surface area contributed by atoms with E-state index in [1.165, 1.54) is 31.2 Å². The van der Waals surface area contributed by atoms with Gasteiger partial charge in [0.2, 0.25) is 0 Å². The molecule has 0 aliphatic heterocycles. The van der Waals surface area contributed by atoms with Gasteiger partial charge in [0.25, 0.3) is 0 Å². The predicted octanol–water partition coefficient (Wildman–Crippen LogP) is 5.77. The number of carbonyl (C=O) groups excluding carboxylic acids is 1. The van der Waals surface area contributed by atoms with Crippen LogP contribution < -0.4 is 4.74 Å². The normalized spacial score (nSPS) is 12.0. The quantitative estimate of drug-likeness (QED) is 0.244. The summed E-state index contributed by atoms with van der Waals surface area (Å²) in [5.41, 5.74) is 2.06. The van der Waals surface area contributed by atoms with Gasteiger partial charge in [-0.3, -0.25) is 0 Å². The van der Waals surface area contributed by atoms with E-state index < -0.39 is 6.10 Å². The fourth-order valence-electron chi connectivity index (χ4n) is 2.94. The molecule has 0 spiro atoms. The van der Waals surface area contributed by atoms with Crippen LogP contribution in [-0.2, 0) is 16.0 Å². The Balaban J connectivity index is 1.83. The van der Waals surface area contributed by atoms with Crippen molar-refractivity contribution in [3.05, 3.63) is 42.2 Å². The molecule has 5 heteroatoms. The molecule has 2 aromatic rings. The third kappa shape index (κ3) is 8.32. The molecule has 0 saturated carbocycles. The maximum Gasteiger partial charge on any atom is 0.340 e. The second-order valence-corrected chi connectivity index (χ2v) is 7.39. The first-order valence-electron chi connectivity index (χ1n) is 10.9. The molecule has 1 unspecified atom stereocenters. The smallest absolute Gasteiger partial charge is 0.340 e. The van der Waals surface area contributed by atoms with Crippen LogP contribution in [0.3, 0.4) is 0 Å². The van der Waals surface area contributed by atoms with Gasteiger partial charge in [-0.2, -0.15) is 0 Å². The molecule has 0 fully saturated rings. The van der Waals surface area contributed by atoms with Crippen LogP contribution in [-0.4, -0.2) is 28.6 Å². The number of carbonyl (C=O) groups is 1. The molecule has 2 rings (SSSR count). The van der Waals surface area contributed by atoms with Crippen molar-refractivity contribution in [2.75, 3.05) is 6.61 Å². The molecule has 158 valence electrons. The first kappa shape index (κ1) is 23.0. The second kappa shape index (κ2) is 13.0. The van der Waals surface area contributed by atoms with Gasteiger partial charge in [0, 0.05) is 24.6 Å². The molecule has 0 amide bonds. The lowest BCUT2D eigenvalue weighted by molar-refractivity contribution is -0.146. The van der Waals surface area contributed by atoms with Gasteiger partial charge in [-0.05, 0) is 56.0 Å². The number of rotatable bonds is 13. The third-order valence-corrected chi connectivity index (χ3v) is 4.80. The number of hydrogen-bond acceptors (Lipinski definition) is 5. The Morgan fingerprint density at radius 1 is 0.931 bits per heavy atom. The minimum atomic E-state index is -0.570. The van der Waals surface area contributed by atoms with E-state index in [0.29, 0.717) is 18.2 Å². The molecular formula is C24H34N2O3. The number of nitrogens with zero attached hydrogens (tertiary/aromatic N) is 2. The molecule has 5 nitrogen and oxygen atoms in total. The van der Waals surface area contributed by atoms with Crippen molar-refractivity contribution in [1.29, 1.82) is 0 Å². The van der Waals surface area contributed by atoms with Crippen molar-refractivity contribution in [3.8, 4) is 17.1 Å². The van der Waals surface area contributed by atoms with E-state index in [1.54, 1.807) is 19.1 Å². The van der Waals surface area contributed by atoms with Crippen LogP contribution in [0.1, 0.15) is 71.3 Å². The highest BCUT2D eigenvalue weighted by Crippen LogP contribution is 2.20. The minimum absolute atomic E-state index is 0.377. The van der Waals surface area contributed by atoms with Crippen LogP contribution in [0.4, 0.5) is 0 Å². The van der Waals surface area contributed by atoms with E-state index in [1.807, 2.05) is 24.5 Å². The zero-order valence-corrected chi connectivity index (χ0v) is 18.0. The maximum absolute atomic E-state index is 12.1. The van der Waals surface area contributed by atoms with E-state index in [-0.39, 0.29) is 5.97 Å². The van der Waals surface area contributed by atoms with Crippen molar-refractivity contribution in [2.24, 2.45) is 0 Å². The molecule has 29 heavy (non-hydrogen) atoms. The van der Waals surface area contributed by atoms with E-state index >= 15 is 0 Å². The molecular weight excluding hydrogens is 364 g/mol. The van der Waals surface area contributed by atoms with Gasteiger partial charge in [0.1, 0.15) is 5.75 Å². The van der Waals surface area contributed by atoms with Gasteiger partial charge in [0.15, 0.2) is 11.9 Å². The van der Waals surface area contributed by atoms with Crippen LogP contribution in [0.2, 0.25) is 0 Å². The molecule has 0 aliphatic carbocycles. The largest absolute Gasteiger partial charge is 0.425 e. The van der Waals surface area contributed by atoms with Gasteiger partial charge >= 0.3 is 5.97 Å². The topological polar surface area (TPSA) is 61.3 Å². The maximum atomic E-state index is 12.1. The van der Waals surface area contributed by atoms with Gasteiger partial charge in [-0.15, -0.1) is 0 Å². The summed E-state index contributed by atoms with van der Waals surface area (Å²) >= 11 is 0. The average Bonchev–Trinajstić information content (AvgIpc) is 2.75. The van der Waals surface area contributed by atoms with Gasteiger partial charge in [0.05, 0.1) is 0 Å². The molecule has 1 atom stereocenters. The number of aromatic nitrogens is 2. The first-order valence-corrected chi connectivity index (χ1v) is 10.9. The predicted molar refractivity (Wildman–Crippen MR) is 116 cm³/mol. The van der Waals surface area contributed by atoms with Gasteiger partial charge < -0.3 is 9.47 Å². The summed E-state index contributed by atoms with van der Waals surface area (Å²) in [5, 5.41) is 0. The third-order valence-electron chi connectivity index (χ3n) is 4.80. The Morgan fingerprint density at radius 3 is 2.24 bits per heavy atom. The zero-order valence-electron chi connectivity index (χ0n) is 18.0. The molecule has 0 N–H and O–H groups in total. The molecule has 0 saturated heterocycles. The van der Waals surface area contributed by atoms with E-state index in [2.05, 4.69) is 23.8 Å². The Hall–Kier alpha value is -2.27. The van der Waals surface area contributed by atoms with Gasteiger partial charge in [-0.1, -0.05) is 46.0 Å². The Kier molecular flexibility index (Phi) is 10.4. The molecule has 1 heterocycles. The highest BCUT2D eigenvalue weighted by Gasteiger charge is 2.16. The number of hydrogen-bond donors (Lipinski definition) is 0. The fourth-order valence-corrected chi connectivity index (χ4v) is 2.94. The fraction of sp³-hybridized carbons (Fsp3) is 0.542. The van der Waals surface area contributed by atoms with Crippen LogP contribution in [0, 0.1) is 0 Å². The summed E-state index contributed by atoms with van der Waals surface area (Å²) in [6.07, 6.45) is 12.4. The summed E-state index contributed by atoms with van der Waals surface area (Å²) in [7, 11) is 0. The summed E-state index contributed by atoms with van der Waals surface area (Å²) in [6.45, 7) is 6.65. The summed E-state index contributed by atoms with van der Waals surface area (Å²) in [5.74, 6) is 0.793. The average molecular weight is 399 g/mol. The Morgan fingerprint density at radius 2 is 1.59 bits per heavy atom. The van der Waals surface area contributed by atoms with Crippen LogP contribution in [0.5, 0.6) is 5.75 Å². The first-order chi connectivity index (χ1) is 14.1. The summed E-state index contributed by atoms with van der Waals surface area (Å²) < 4.78 is 10.9. The SMILES string of the molecule is CCCCCCc1cnc(-c2ccc(OC(=O)C(C)OCCCCC)cc2)nc1. The molecule has 0 radical (unpaired) electrons. The van der Waals surface area contributed by atoms with E-state index in [9.17, 15) is 4.79 Å². The second-order valence-electron chi connectivity index (χ2n) is 7.39. The van der Waals surface area contributed by atoms with Gasteiger partial charge in [-0.25, -0.2) is 14.8 Å². The van der Waals surface area contributed by atoms with Crippen LogP contribution in [0.25, 0.3) is 11.4 Å². The van der Waals surface area contributed by atoms with Crippen LogP contribution >= 0.6 is 0 Å². The Labute approximate surface area is 174 Å². The van der Waals surface area contributed by atoms with Crippen molar-refractivity contribution in [3.63, 3.8) is 0 Å². The minimum Gasteiger partial charge on any atom is -0.425 e. The summed E-state index contributed by atoms with van der Waals surface area (Å²) in [6, 6.07) is 7.26. The van der Waals surface area contributed by atoms with Crippen LogP contribution in [0.15, 0.2) is 36.7 Å². The number of ether oxygens (including phenoxy) is 2. The molecule has 1 aromatic heterocycles. The number of unbranched alkanes of at least 4 members (excludes halogenated alkanes) is 5. The van der Waals surface area contributed by atoms with Crippen molar-refractivity contribution < 1.29 is 14.3 Å².